The summed E-state index contributed by atoms with van der Waals surface area (Å²) in [4.78, 5) is 2.13. The summed E-state index contributed by atoms with van der Waals surface area (Å²) in [7, 11) is 4.07. The summed E-state index contributed by atoms with van der Waals surface area (Å²) < 4.78 is 13.3. The van der Waals surface area contributed by atoms with Crippen molar-refractivity contribution in [2.45, 2.75) is 53.1 Å². The van der Waals surface area contributed by atoms with Gasteiger partial charge in [0, 0.05) is 5.92 Å². The predicted octanol–water partition coefficient (Wildman–Crippen LogP) is 5.72. The van der Waals surface area contributed by atoms with Crippen LogP contribution in [0.15, 0.2) is 42.5 Å². The zero-order chi connectivity index (χ0) is 21.5. The molecule has 0 radical (unpaired) electrons. The zero-order valence-corrected chi connectivity index (χ0v) is 18.2. The molecule has 0 bridgehead atoms. The Labute approximate surface area is 170 Å². The van der Waals surface area contributed by atoms with Gasteiger partial charge in [0.05, 0.1) is 18.2 Å². The smallest absolute Gasteiger partial charge is 0.123 e. The second-order valence-electron chi connectivity index (χ2n) is 6.23. The highest BCUT2D eigenvalue weighted by Gasteiger charge is 2.18. The van der Waals surface area contributed by atoms with Crippen molar-refractivity contribution >= 4 is 0 Å². The van der Waals surface area contributed by atoms with Crippen LogP contribution in [0.2, 0.25) is 0 Å². The predicted molar refractivity (Wildman–Crippen MR) is 116 cm³/mol. The van der Waals surface area contributed by atoms with Crippen molar-refractivity contribution in [3.8, 4) is 6.07 Å². The SMILES string of the molecule is CC.CC.CN(C)CCCC(c1ccc(F)cc1)c1ccc(C#N)cc1CO. The van der Waals surface area contributed by atoms with E-state index in [4.69, 9.17) is 5.26 Å². The first-order valence-electron chi connectivity index (χ1n) is 10.1. The number of aliphatic hydroxyl groups is 1. The quantitative estimate of drug-likeness (QED) is 0.662. The summed E-state index contributed by atoms with van der Waals surface area (Å²) in [5.41, 5.74) is 3.32. The van der Waals surface area contributed by atoms with E-state index in [1.54, 1.807) is 24.3 Å². The van der Waals surface area contributed by atoms with Crippen LogP contribution in [0.4, 0.5) is 4.39 Å². The van der Waals surface area contributed by atoms with Gasteiger partial charge in [-0.3, -0.25) is 0 Å². The number of hydrogen-bond donors (Lipinski definition) is 1. The Morgan fingerprint density at radius 1 is 1.04 bits per heavy atom. The van der Waals surface area contributed by atoms with Gasteiger partial charge in [0.25, 0.3) is 0 Å². The van der Waals surface area contributed by atoms with E-state index in [9.17, 15) is 9.50 Å². The largest absolute Gasteiger partial charge is 0.392 e. The molecule has 0 aliphatic carbocycles. The molecule has 1 unspecified atom stereocenters. The Bertz CT molecular complexity index is 706. The molecule has 0 saturated heterocycles. The first-order chi connectivity index (χ1) is 13.5. The van der Waals surface area contributed by atoms with Crippen LogP contribution in [-0.2, 0) is 6.61 Å². The van der Waals surface area contributed by atoms with Crippen molar-refractivity contribution in [1.82, 2.24) is 4.90 Å². The van der Waals surface area contributed by atoms with Crippen LogP contribution < -0.4 is 0 Å². The summed E-state index contributed by atoms with van der Waals surface area (Å²) in [5.74, 6) is -0.187. The number of rotatable bonds is 7. The van der Waals surface area contributed by atoms with Gasteiger partial charge in [-0.25, -0.2) is 4.39 Å². The van der Waals surface area contributed by atoms with E-state index in [-0.39, 0.29) is 18.3 Å². The minimum Gasteiger partial charge on any atom is -0.392 e. The van der Waals surface area contributed by atoms with E-state index in [0.717, 1.165) is 36.1 Å². The fourth-order valence-electron chi connectivity index (χ4n) is 2.96. The summed E-state index contributed by atoms with van der Waals surface area (Å²) >= 11 is 0. The Morgan fingerprint density at radius 2 is 1.64 bits per heavy atom. The normalized spacial score (nSPS) is 10.9. The van der Waals surface area contributed by atoms with Crippen molar-refractivity contribution in [3.63, 3.8) is 0 Å². The van der Waals surface area contributed by atoms with Crippen molar-refractivity contribution in [2.75, 3.05) is 20.6 Å². The van der Waals surface area contributed by atoms with Gasteiger partial charge in [0.2, 0.25) is 0 Å². The standard InChI is InChI=1S/C20H23FN2O.2C2H6/c1-23(2)11-3-4-19(16-6-8-18(21)9-7-16)20-10-5-15(13-22)12-17(20)14-24;2*1-2/h5-10,12,19,24H,3-4,11,14H2,1-2H3;2*1-2H3. The molecule has 3 nitrogen and oxygen atoms in total. The van der Waals surface area contributed by atoms with Crippen molar-refractivity contribution in [1.29, 1.82) is 5.26 Å². The monoisotopic (exact) mass is 386 g/mol. The first kappa shape index (κ1) is 25.8. The van der Waals surface area contributed by atoms with E-state index in [1.807, 2.05) is 47.9 Å². The second kappa shape index (κ2) is 14.8. The fraction of sp³-hybridized carbons (Fsp3) is 0.458. The van der Waals surface area contributed by atoms with Gasteiger partial charge in [0.15, 0.2) is 0 Å². The molecule has 0 spiro atoms. The molecule has 0 aliphatic rings. The van der Waals surface area contributed by atoms with Crippen molar-refractivity contribution < 1.29 is 9.50 Å². The molecule has 1 N–H and O–H groups in total. The molecule has 0 heterocycles. The van der Waals surface area contributed by atoms with E-state index in [0.29, 0.717) is 5.56 Å². The summed E-state index contributed by atoms with van der Waals surface area (Å²) in [6.45, 7) is 8.85. The van der Waals surface area contributed by atoms with Gasteiger partial charge in [-0.2, -0.15) is 5.26 Å². The molecule has 2 rings (SSSR count). The molecule has 0 aromatic heterocycles. The molecule has 1 atom stereocenters. The van der Waals surface area contributed by atoms with Gasteiger partial charge < -0.3 is 10.0 Å². The molecule has 0 amide bonds. The van der Waals surface area contributed by atoms with Crippen LogP contribution >= 0.6 is 0 Å². The highest BCUT2D eigenvalue weighted by atomic mass is 19.1. The summed E-state index contributed by atoms with van der Waals surface area (Å²) in [6, 6.07) is 14.1. The fourth-order valence-corrected chi connectivity index (χ4v) is 2.96. The Balaban J connectivity index is 0.00000171. The number of nitrogens with zero attached hydrogens (tertiary/aromatic N) is 2. The summed E-state index contributed by atoms with van der Waals surface area (Å²) in [5, 5.41) is 18.8. The number of aliphatic hydroxyl groups excluding tert-OH is 1. The highest BCUT2D eigenvalue weighted by molar-refractivity contribution is 5.43. The minimum absolute atomic E-state index is 0.0699. The first-order valence-corrected chi connectivity index (χ1v) is 10.1. The molecular formula is C24H35FN2O. The van der Waals surface area contributed by atoms with Crippen LogP contribution in [0.1, 0.15) is 68.7 Å². The van der Waals surface area contributed by atoms with Gasteiger partial charge in [-0.05, 0) is 74.4 Å². The lowest BCUT2D eigenvalue weighted by molar-refractivity contribution is 0.280. The van der Waals surface area contributed by atoms with Crippen LogP contribution in [0.25, 0.3) is 0 Å². The van der Waals surface area contributed by atoms with E-state index in [2.05, 4.69) is 11.0 Å². The van der Waals surface area contributed by atoms with E-state index >= 15 is 0 Å². The molecule has 2 aromatic carbocycles. The third-order valence-electron chi connectivity index (χ3n) is 4.19. The average Bonchev–Trinajstić information content (AvgIpc) is 2.74. The molecule has 28 heavy (non-hydrogen) atoms. The molecule has 0 fully saturated rings. The number of benzene rings is 2. The van der Waals surface area contributed by atoms with E-state index in [1.165, 1.54) is 12.1 Å². The second-order valence-corrected chi connectivity index (χ2v) is 6.23. The maximum atomic E-state index is 13.3. The Kier molecular flexibility index (Phi) is 13.6. The maximum Gasteiger partial charge on any atom is 0.123 e. The third-order valence-corrected chi connectivity index (χ3v) is 4.19. The van der Waals surface area contributed by atoms with Gasteiger partial charge in [-0.1, -0.05) is 45.9 Å². The van der Waals surface area contributed by atoms with Crippen LogP contribution in [0.3, 0.4) is 0 Å². The minimum atomic E-state index is -0.256. The summed E-state index contributed by atoms with van der Waals surface area (Å²) in [6.07, 6.45) is 1.88. The lowest BCUT2D eigenvalue weighted by atomic mass is 9.84. The van der Waals surface area contributed by atoms with Gasteiger partial charge in [0.1, 0.15) is 5.82 Å². The zero-order valence-electron chi connectivity index (χ0n) is 18.2. The van der Waals surface area contributed by atoms with Crippen molar-refractivity contribution in [2.24, 2.45) is 0 Å². The lowest BCUT2D eigenvalue weighted by Crippen LogP contribution is -2.15. The number of halogens is 1. The van der Waals surface area contributed by atoms with Crippen molar-refractivity contribution in [3.05, 3.63) is 70.5 Å². The third kappa shape index (κ3) is 8.21. The topological polar surface area (TPSA) is 47.3 Å². The maximum absolute atomic E-state index is 13.3. The Morgan fingerprint density at radius 3 is 2.14 bits per heavy atom. The van der Waals surface area contributed by atoms with Crippen LogP contribution in [0, 0.1) is 17.1 Å². The molecule has 0 saturated carbocycles. The molecule has 154 valence electrons. The highest BCUT2D eigenvalue weighted by Crippen LogP contribution is 2.32. The molecular weight excluding hydrogens is 351 g/mol. The van der Waals surface area contributed by atoms with Gasteiger partial charge >= 0.3 is 0 Å². The number of hydrogen-bond acceptors (Lipinski definition) is 3. The lowest BCUT2D eigenvalue weighted by Gasteiger charge is -2.22. The molecule has 4 heteroatoms. The molecule has 2 aromatic rings. The van der Waals surface area contributed by atoms with E-state index < -0.39 is 0 Å². The van der Waals surface area contributed by atoms with Crippen LogP contribution in [-0.4, -0.2) is 30.6 Å². The van der Waals surface area contributed by atoms with Gasteiger partial charge in [-0.15, -0.1) is 0 Å². The average molecular weight is 387 g/mol. The van der Waals surface area contributed by atoms with Crippen LogP contribution in [0.5, 0.6) is 0 Å². The molecule has 0 aliphatic heterocycles. The Hall–Kier alpha value is -2.22. The number of nitriles is 1.